The third kappa shape index (κ3) is 4.42. The van der Waals surface area contributed by atoms with Crippen molar-refractivity contribution in [1.82, 2.24) is 4.90 Å². The lowest BCUT2D eigenvalue weighted by molar-refractivity contribution is -0.104. The van der Waals surface area contributed by atoms with E-state index in [1.807, 2.05) is 24.5 Å². The van der Waals surface area contributed by atoms with E-state index in [4.69, 9.17) is 0 Å². The summed E-state index contributed by atoms with van der Waals surface area (Å²) >= 11 is 1.84. The highest BCUT2D eigenvalue weighted by Gasteiger charge is 2.19. The zero-order chi connectivity index (χ0) is 20.9. The molecule has 30 heavy (non-hydrogen) atoms. The van der Waals surface area contributed by atoms with Gasteiger partial charge >= 0.3 is 0 Å². The van der Waals surface area contributed by atoms with Crippen LogP contribution < -0.4 is 10.2 Å². The van der Waals surface area contributed by atoms with Crippen LogP contribution in [0.5, 0.6) is 0 Å². The number of aldehydes is 1. The van der Waals surface area contributed by atoms with Gasteiger partial charge in [-0.1, -0.05) is 18.2 Å². The molecule has 1 saturated heterocycles. The number of rotatable bonds is 7. The van der Waals surface area contributed by atoms with Gasteiger partial charge in [0.2, 0.25) is 0 Å². The fourth-order valence-electron chi connectivity index (χ4n) is 4.22. The predicted molar refractivity (Wildman–Crippen MR) is 130 cm³/mol. The summed E-state index contributed by atoms with van der Waals surface area (Å²) in [6.07, 6.45) is 5.23. The first-order chi connectivity index (χ1) is 14.7. The number of thiophene rings is 1. The molecule has 3 aromatic rings. The van der Waals surface area contributed by atoms with Crippen LogP contribution in [0.2, 0.25) is 0 Å². The van der Waals surface area contributed by atoms with Gasteiger partial charge in [0, 0.05) is 61.2 Å². The van der Waals surface area contributed by atoms with E-state index in [9.17, 15) is 4.79 Å². The van der Waals surface area contributed by atoms with Crippen molar-refractivity contribution in [2.75, 3.05) is 50.0 Å². The van der Waals surface area contributed by atoms with E-state index in [0.717, 1.165) is 56.7 Å². The van der Waals surface area contributed by atoms with Crippen LogP contribution in [0.4, 0.5) is 11.4 Å². The Bertz CT molecular complexity index is 1050. The smallest absolute Gasteiger partial charge is 0.142 e. The zero-order valence-electron chi connectivity index (χ0n) is 17.7. The maximum atomic E-state index is 10.6. The van der Waals surface area contributed by atoms with Crippen LogP contribution in [0.1, 0.15) is 16.7 Å². The van der Waals surface area contributed by atoms with Crippen LogP contribution in [-0.4, -0.2) is 51.0 Å². The molecule has 0 unspecified atom stereocenters. The summed E-state index contributed by atoms with van der Waals surface area (Å²) in [6, 6.07) is 13.3. The highest BCUT2D eigenvalue weighted by Crippen LogP contribution is 2.33. The maximum absolute atomic E-state index is 10.6. The Morgan fingerprint density at radius 3 is 2.70 bits per heavy atom. The fourth-order valence-corrected chi connectivity index (χ4v) is 5.12. The van der Waals surface area contributed by atoms with Gasteiger partial charge < -0.3 is 10.2 Å². The number of allylic oxidation sites excluding steroid dienone is 1. The number of nitrogens with one attached hydrogen (secondary N) is 1. The standard InChI is InChI=1S/C25H29N3OS/c1-19-5-8-24(22-10-17-30-25(19)22)28-14-12-27(13-15-28)11-9-20-6-7-21(4-3-16-29)23(18-20)26-2/h3-8,10,16-18,26H,9,11-15H2,1-2H3/b4-3-. The first kappa shape index (κ1) is 20.6. The molecular weight excluding hydrogens is 390 g/mol. The van der Waals surface area contributed by atoms with E-state index in [0.29, 0.717) is 0 Å². The molecule has 0 bridgehead atoms. The molecule has 1 aliphatic rings. The van der Waals surface area contributed by atoms with E-state index >= 15 is 0 Å². The number of aryl methyl sites for hydroxylation is 1. The van der Waals surface area contributed by atoms with Crippen molar-refractivity contribution in [3.8, 4) is 0 Å². The molecule has 0 amide bonds. The van der Waals surface area contributed by atoms with E-state index in [1.165, 1.54) is 33.0 Å². The molecule has 0 saturated carbocycles. The number of carbonyl (C=O) groups is 1. The number of piperazine rings is 1. The van der Waals surface area contributed by atoms with E-state index in [2.05, 4.69) is 63.8 Å². The van der Waals surface area contributed by atoms with E-state index < -0.39 is 0 Å². The molecule has 156 valence electrons. The lowest BCUT2D eigenvalue weighted by Crippen LogP contribution is -2.47. The molecule has 0 spiro atoms. The van der Waals surface area contributed by atoms with Gasteiger partial charge in [0.15, 0.2) is 0 Å². The topological polar surface area (TPSA) is 35.6 Å². The number of fused-ring (bicyclic) bond motifs is 1. The molecule has 4 rings (SSSR count). The first-order valence-electron chi connectivity index (χ1n) is 10.6. The van der Waals surface area contributed by atoms with Gasteiger partial charge in [-0.2, -0.15) is 0 Å². The molecule has 2 aromatic carbocycles. The van der Waals surface area contributed by atoms with Crippen molar-refractivity contribution in [2.45, 2.75) is 13.3 Å². The molecule has 0 radical (unpaired) electrons. The summed E-state index contributed by atoms with van der Waals surface area (Å²) in [4.78, 5) is 15.7. The summed E-state index contributed by atoms with van der Waals surface area (Å²) in [5, 5.41) is 6.84. The SMILES string of the molecule is CNc1cc(CCN2CCN(c3ccc(C)c4sccc34)CC2)ccc1/C=C\C=O. The minimum atomic E-state index is 0.812. The van der Waals surface area contributed by atoms with Crippen molar-refractivity contribution in [3.05, 3.63) is 64.5 Å². The van der Waals surface area contributed by atoms with Crippen LogP contribution in [-0.2, 0) is 11.2 Å². The fraction of sp³-hybridized carbons (Fsp3) is 0.320. The Balaban J connectivity index is 1.35. The highest BCUT2D eigenvalue weighted by atomic mass is 32.1. The van der Waals surface area contributed by atoms with Gasteiger partial charge in [0.05, 0.1) is 0 Å². The van der Waals surface area contributed by atoms with Crippen molar-refractivity contribution in [1.29, 1.82) is 0 Å². The van der Waals surface area contributed by atoms with Crippen molar-refractivity contribution >= 4 is 45.2 Å². The molecule has 1 N–H and O–H groups in total. The Morgan fingerprint density at radius 1 is 1.10 bits per heavy atom. The summed E-state index contributed by atoms with van der Waals surface area (Å²) < 4.78 is 1.42. The molecule has 1 aromatic heterocycles. The Labute approximate surface area is 182 Å². The summed E-state index contributed by atoms with van der Waals surface area (Å²) in [5.41, 5.74) is 6.18. The van der Waals surface area contributed by atoms with E-state index in [1.54, 1.807) is 0 Å². The van der Waals surface area contributed by atoms with Crippen molar-refractivity contribution < 1.29 is 4.79 Å². The second-order valence-electron chi connectivity index (χ2n) is 7.81. The quantitative estimate of drug-likeness (QED) is 0.440. The third-order valence-corrected chi connectivity index (χ3v) is 7.01. The van der Waals surface area contributed by atoms with Crippen molar-refractivity contribution in [2.24, 2.45) is 0 Å². The van der Waals surface area contributed by atoms with Gasteiger partial charge in [-0.15, -0.1) is 11.3 Å². The Morgan fingerprint density at radius 2 is 1.93 bits per heavy atom. The number of benzene rings is 2. The molecule has 5 heteroatoms. The Kier molecular flexibility index (Phi) is 6.50. The number of hydrogen-bond donors (Lipinski definition) is 1. The summed E-state index contributed by atoms with van der Waals surface area (Å²) in [7, 11) is 1.92. The molecule has 0 atom stereocenters. The minimum absolute atomic E-state index is 0.812. The predicted octanol–water partition coefficient (Wildman–Crippen LogP) is 4.83. The molecule has 1 fully saturated rings. The molecule has 1 aliphatic heterocycles. The third-order valence-electron chi connectivity index (χ3n) is 5.96. The van der Waals surface area contributed by atoms with Gasteiger partial charge in [-0.05, 0) is 65.8 Å². The molecule has 0 aliphatic carbocycles. The molecule has 2 heterocycles. The van der Waals surface area contributed by atoms with Crippen LogP contribution >= 0.6 is 11.3 Å². The zero-order valence-corrected chi connectivity index (χ0v) is 18.5. The van der Waals surface area contributed by atoms with Gasteiger partial charge in [0.1, 0.15) is 6.29 Å². The van der Waals surface area contributed by atoms with Gasteiger partial charge in [-0.3, -0.25) is 9.69 Å². The summed E-state index contributed by atoms with van der Waals surface area (Å²) in [6.45, 7) is 7.61. The van der Waals surface area contributed by atoms with Gasteiger partial charge in [0.25, 0.3) is 0 Å². The Hall–Kier alpha value is -2.63. The van der Waals surface area contributed by atoms with Gasteiger partial charge in [-0.25, -0.2) is 0 Å². The average molecular weight is 420 g/mol. The minimum Gasteiger partial charge on any atom is -0.388 e. The second kappa shape index (κ2) is 9.45. The normalized spacial score (nSPS) is 15.2. The average Bonchev–Trinajstić information content (AvgIpc) is 3.28. The highest BCUT2D eigenvalue weighted by molar-refractivity contribution is 7.17. The molecule has 4 nitrogen and oxygen atoms in total. The van der Waals surface area contributed by atoms with E-state index in [-0.39, 0.29) is 0 Å². The van der Waals surface area contributed by atoms with Crippen LogP contribution in [0.3, 0.4) is 0 Å². The summed E-state index contributed by atoms with van der Waals surface area (Å²) in [5.74, 6) is 0. The largest absolute Gasteiger partial charge is 0.388 e. The van der Waals surface area contributed by atoms with Crippen LogP contribution in [0.15, 0.2) is 47.9 Å². The lowest BCUT2D eigenvalue weighted by Gasteiger charge is -2.36. The lowest BCUT2D eigenvalue weighted by atomic mass is 10.1. The number of carbonyl (C=O) groups excluding carboxylic acids is 1. The van der Waals surface area contributed by atoms with Crippen LogP contribution in [0.25, 0.3) is 16.2 Å². The molecular formula is C25H29N3OS. The first-order valence-corrected chi connectivity index (χ1v) is 11.4. The van der Waals surface area contributed by atoms with Crippen LogP contribution in [0, 0.1) is 6.92 Å². The monoisotopic (exact) mass is 419 g/mol. The number of anilines is 2. The maximum Gasteiger partial charge on any atom is 0.142 e. The number of nitrogens with zero attached hydrogens (tertiary/aromatic N) is 2. The van der Waals surface area contributed by atoms with Crippen molar-refractivity contribution in [3.63, 3.8) is 0 Å². The second-order valence-corrected chi connectivity index (χ2v) is 8.73. The number of hydrogen-bond acceptors (Lipinski definition) is 5.